The Morgan fingerprint density at radius 2 is 1.88 bits per heavy atom. The molecule has 172 valence electrons. The van der Waals surface area contributed by atoms with Crippen LogP contribution in [-0.4, -0.2) is 37.6 Å². The van der Waals surface area contributed by atoms with E-state index in [9.17, 15) is 9.90 Å². The number of aryl methyl sites for hydroxylation is 1. The molecule has 0 saturated carbocycles. The third-order valence-electron chi connectivity index (χ3n) is 5.94. The lowest BCUT2D eigenvalue weighted by Crippen LogP contribution is -2.39. The van der Waals surface area contributed by atoms with E-state index >= 15 is 0 Å². The second-order valence-corrected chi connectivity index (χ2v) is 8.36. The molecule has 33 heavy (non-hydrogen) atoms. The van der Waals surface area contributed by atoms with E-state index in [4.69, 9.17) is 14.2 Å². The number of carbonyl (C=O) groups is 1. The highest BCUT2D eigenvalue weighted by Crippen LogP contribution is 2.46. The Bertz CT molecular complexity index is 1130. The minimum atomic E-state index is -1.02. The summed E-state index contributed by atoms with van der Waals surface area (Å²) in [4.78, 5) is 11.4. The molecule has 0 radical (unpaired) electrons. The highest BCUT2D eigenvalue weighted by molar-refractivity contribution is 5.80. The van der Waals surface area contributed by atoms with Crippen molar-refractivity contribution in [2.45, 2.75) is 38.3 Å². The van der Waals surface area contributed by atoms with E-state index in [0.29, 0.717) is 24.3 Å². The van der Waals surface area contributed by atoms with Gasteiger partial charge in [0.25, 0.3) is 0 Å². The second kappa shape index (κ2) is 9.86. The molecule has 0 fully saturated rings. The Balaban J connectivity index is 1.61. The van der Waals surface area contributed by atoms with Crippen LogP contribution in [0, 0.1) is 6.92 Å². The van der Waals surface area contributed by atoms with Gasteiger partial charge in [-0.05, 0) is 42.2 Å². The Labute approximate surface area is 194 Å². The SMILES string of the molecule is COc1cccc(-c2cc(C)cc3c2OC(CC(Cc2ccccc2)NC(=O)O)C3)c1OC. The van der Waals surface area contributed by atoms with Crippen LogP contribution < -0.4 is 19.5 Å². The van der Waals surface area contributed by atoms with Crippen LogP contribution in [0.2, 0.25) is 0 Å². The number of amides is 1. The van der Waals surface area contributed by atoms with Gasteiger partial charge in [0.05, 0.1) is 14.2 Å². The Morgan fingerprint density at radius 3 is 2.58 bits per heavy atom. The predicted octanol–water partition coefficient (Wildman–Crippen LogP) is 5.25. The summed E-state index contributed by atoms with van der Waals surface area (Å²) in [5.41, 5.74) is 5.19. The summed E-state index contributed by atoms with van der Waals surface area (Å²) < 4.78 is 17.6. The molecule has 2 unspecified atom stereocenters. The number of rotatable bonds is 8. The molecule has 4 rings (SSSR count). The summed E-state index contributed by atoms with van der Waals surface area (Å²) in [5, 5.41) is 12.0. The van der Waals surface area contributed by atoms with Gasteiger partial charge in [-0.25, -0.2) is 4.79 Å². The zero-order chi connectivity index (χ0) is 23.4. The maximum absolute atomic E-state index is 11.4. The Kier molecular flexibility index (Phi) is 6.73. The molecule has 0 bridgehead atoms. The first-order valence-corrected chi connectivity index (χ1v) is 11.0. The minimum Gasteiger partial charge on any atom is -0.493 e. The molecule has 3 aromatic carbocycles. The van der Waals surface area contributed by atoms with Gasteiger partial charge < -0.3 is 24.6 Å². The van der Waals surface area contributed by atoms with Crippen LogP contribution in [0.15, 0.2) is 60.7 Å². The van der Waals surface area contributed by atoms with Crippen molar-refractivity contribution >= 4 is 6.09 Å². The summed E-state index contributed by atoms with van der Waals surface area (Å²) >= 11 is 0. The van der Waals surface area contributed by atoms with Crippen molar-refractivity contribution < 1.29 is 24.1 Å². The second-order valence-electron chi connectivity index (χ2n) is 8.36. The van der Waals surface area contributed by atoms with Gasteiger partial charge in [-0.1, -0.05) is 48.5 Å². The summed E-state index contributed by atoms with van der Waals surface area (Å²) in [6.45, 7) is 2.06. The maximum Gasteiger partial charge on any atom is 0.404 e. The first-order valence-electron chi connectivity index (χ1n) is 11.0. The highest BCUT2D eigenvalue weighted by Gasteiger charge is 2.30. The molecule has 6 nitrogen and oxygen atoms in total. The minimum absolute atomic E-state index is 0.127. The number of methoxy groups -OCH3 is 2. The van der Waals surface area contributed by atoms with E-state index in [2.05, 4.69) is 24.4 Å². The van der Waals surface area contributed by atoms with Gasteiger partial charge in [-0.2, -0.15) is 0 Å². The number of nitrogens with one attached hydrogen (secondary N) is 1. The van der Waals surface area contributed by atoms with Crippen molar-refractivity contribution in [3.63, 3.8) is 0 Å². The molecule has 1 aliphatic heterocycles. The quantitative estimate of drug-likeness (QED) is 0.493. The standard InChI is InChI=1S/C27H29NO5/c1-17-12-19-15-21(16-20(28-27(29)30)14-18-8-5-4-6-9-18)33-25(19)23(13-17)22-10-7-11-24(31-2)26(22)32-3/h4-13,20-21,28H,14-16H2,1-3H3,(H,29,30). The van der Waals surface area contributed by atoms with Crippen LogP contribution in [-0.2, 0) is 12.8 Å². The van der Waals surface area contributed by atoms with Crippen molar-refractivity contribution in [3.05, 3.63) is 77.4 Å². The summed E-state index contributed by atoms with van der Waals surface area (Å²) in [7, 11) is 3.25. The lowest BCUT2D eigenvalue weighted by atomic mass is 9.95. The van der Waals surface area contributed by atoms with Gasteiger partial charge in [0.15, 0.2) is 11.5 Å². The van der Waals surface area contributed by atoms with Crippen LogP contribution >= 0.6 is 0 Å². The Morgan fingerprint density at radius 1 is 1.09 bits per heavy atom. The molecule has 3 aromatic rings. The highest BCUT2D eigenvalue weighted by atomic mass is 16.5. The summed E-state index contributed by atoms with van der Waals surface area (Å²) in [5.74, 6) is 2.15. The fraction of sp³-hybridized carbons (Fsp3) is 0.296. The third-order valence-corrected chi connectivity index (χ3v) is 5.94. The van der Waals surface area contributed by atoms with Crippen LogP contribution in [0.4, 0.5) is 4.79 Å². The molecule has 0 saturated heterocycles. The van der Waals surface area contributed by atoms with Gasteiger partial charge >= 0.3 is 6.09 Å². The number of hydrogen-bond donors (Lipinski definition) is 2. The zero-order valence-electron chi connectivity index (χ0n) is 19.1. The number of hydrogen-bond acceptors (Lipinski definition) is 4. The molecule has 1 aliphatic rings. The lowest BCUT2D eigenvalue weighted by molar-refractivity contribution is 0.175. The summed E-state index contributed by atoms with van der Waals surface area (Å²) in [6.07, 6.45) is 0.757. The number of para-hydroxylation sites is 1. The van der Waals surface area contributed by atoms with Crippen LogP contribution in [0.1, 0.15) is 23.1 Å². The van der Waals surface area contributed by atoms with E-state index in [1.807, 2.05) is 48.5 Å². The molecule has 2 atom stereocenters. The van der Waals surface area contributed by atoms with E-state index < -0.39 is 6.09 Å². The monoisotopic (exact) mass is 447 g/mol. The molecule has 6 heteroatoms. The van der Waals surface area contributed by atoms with E-state index in [-0.39, 0.29) is 12.1 Å². The van der Waals surface area contributed by atoms with Crippen molar-refractivity contribution in [1.29, 1.82) is 0 Å². The molecule has 0 aromatic heterocycles. The molecular formula is C27H29NO5. The van der Waals surface area contributed by atoms with Gasteiger partial charge in [0.2, 0.25) is 0 Å². The van der Waals surface area contributed by atoms with Gasteiger partial charge in [-0.3, -0.25) is 0 Å². The number of carboxylic acid groups (broad SMARTS) is 1. The fourth-order valence-electron chi connectivity index (χ4n) is 4.61. The average Bonchev–Trinajstić information content (AvgIpc) is 3.20. The van der Waals surface area contributed by atoms with Crippen LogP contribution in [0.3, 0.4) is 0 Å². The molecule has 1 heterocycles. The zero-order valence-corrected chi connectivity index (χ0v) is 19.1. The average molecular weight is 448 g/mol. The number of ether oxygens (including phenoxy) is 3. The molecule has 1 amide bonds. The topological polar surface area (TPSA) is 77.0 Å². The van der Waals surface area contributed by atoms with Gasteiger partial charge in [0.1, 0.15) is 11.9 Å². The van der Waals surface area contributed by atoms with Crippen molar-refractivity contribution in [3.8, 4) is 28.4 Å². The van der Waals surface area contributed by atoms with Crippen molar-refractivity contribution in [2.75, 3.05) is 14.2 Å². The van der Waals surface area contributed by atoms with Crippen molar-refractivity contribution in [1.82, 2.24) is 5.32 Å². The summed E-state index contributed by atoms with van der Waals surface area (Å²) in [6, 6.07) is 19.7. The predicted molar refractivity (Wildman–Crippen MR) is 128 cm³/mol. The smallest absolute Gasteiger partial charge is 0.404 e. The van der Waals surface area contributed by atoms with Gasteiger partial charge in [-0.15, -0.1) is 0 Å². The van der Waals surface area contributed by atoms with Gasteiger partial charge in [0, 0.05) is 30.0 Å². The van der Waals surface area contributed by atoms with E-state index in [1.54, 1.807) is 14.2 Å². The molecule has 2 N–H and O–H groups in total. The Hall–Kier alpha value is -3.67. The first-order chi connectivity index (χ1) is 16.0. The molecule has 0 spiro atoms. The third kappa shape index (κ3) is 5.06. The largest absolute Gasteiger partial charge is 0.493 e. The van der Waals surface area contributed by atoms with E-state index in [1.165, 1.54) is 0 Å². The maximum atomic E-state index is 11.4. The molecular weight excluding hydrogens is 418 g/mol. The number of fused-ring (bicyclic) bond motifs is 1. The van der Waals surface area contributed by atoms with Crippen LogP contribution in [0.25, 0.3) is 11.1 Å². The lowest BCUT2D eigenvalue weighted by Gasteiger charge is -2.21. The fourth-order valence-corrected chi connectivity index (χ4v) is 4.61. The van der Waals surface area contributed by atoms with Crippen LogP contribution in [0.5, 0.6) is 17.2 Å². The van der Waals surface area contributed by atoms with Crippen molar-refractivity contribution in [2.24, 2.45) is 0 Å². The normalized spacial score (nSPS) is 15.3. The van der Waals surface area contributed by atoms with E-state index in [0.717, 1.165) is 40.0 Å². The first kappa shape index (κ1) is 22.5. The molecule has 0 aliphatic carbocycles. The number of benzene rings is 3.